The molecule has 2 aromatic rings. The molecule has 132 valence electrons. The number of halogens is 2. The number of carbonyl (C=O) groups excluding carboxylic acids is 1. The summed E-state index contributed by atoms with van der Waals surface area (Å²) in [5.74, 6) is 0.147. The highest BCUT2D eigenvalue weighted by Crippen LogP contribution is 2.29. The van der Waals surface area contributed by atoms with Crippen molar-refractivity contribution in [2.45, 2.75) is 25.9 Å². The van der Waals surface area contributed by atoms with Gasteiger partial charge in [0, 0.05) is 29.2 Å². The molecule has 0 radical (unpaired) electrons. The van der Waals surface area contributed by atoms with Crippen molar-refractivity contribution in [3.63, 3.8) is 0 Å². The number of hydrogen-bond donors (Lipinski definition) is 0. The molecule has 3 rings (SSSR count). The van der Waals surface area contributed by atoms with Crippen LogP contribution in [0, 0.1) is 0 Å². The van der Waals surface area contributed by atoms with Crippen LogP contribution in [0.2, 0.25) is 10.0 Å². The first-order valence-corrected chi connectivity index (χ1v) is 9.21. The maximum Gasteiger partial charge on any atom is 0.237 e. The molecular formula is C20H22Cl2N2O. The quantitative estimate of drug-likeness (QED) is 0.779. The van der Waals surface area contributed by atoms with Gasteiger partial charge in [0.2, 0.25) is 5.91 Å². The van der Waals surface area contributed by atoms with Gasteiger partial charge >= 0.3 is 0 Å². The number of hydrogen-bond acceptors (Lipinski definition) is 2. The van der Waals surface area contributed by atoms with E-state index in [2.05, 4.69) is 18.2 Å². The third-order valence-corrected chi connectivity index (χ3v) is 5.50. The Balaban J connectivity index is 1.64. The van der Waals surface area contributed by atoms with E-state index in [0.717, 1.165) is 18.5 Å². The minimum atomic E-state index is 0.0331. The number of carbonyl (C=O) groups is 1. The van der Waals surface area contributed by atoms with Gasteiger partial charge in [-0.25, -0.2) is 0 Å². The Kier molecular flexibility index (Phi) is 5.67. The van der Waals surface area contributed by atoms with Crippen molar-refractivity contribution in [1.82, 2.24) is 9.80 Å². The number of fused-ring (bicyclic) bond motifs is 1. The Morgan fingerprint density at radius 3 is 2.64 bits per heavy atom. The average molecular weight is 377 g/mol. The lowest BCUT2D eigenvalue weighted by Crippen LogP contribution is -2.42. The summed E-state index contributed by atoms with van der Waals surface area (Å²) in [4.78, 5) is 16.7. The van der Waals surface area contributed by atoms with E-state index in [1.165, 1.54) is 11.1 Å². The summed E-state index contributed by atoms with van der Waals surface area (Å²) < 4.78 is 0. The molecule has 0 aromatic heterocycles. The fourth-order valence-electron chi connectivity index (χ4n) is 3.24. The van der Waals surface area contributed by atoms with Crippen molar-refractivity contribution in [2.75, 3.05) is 20.1 Å². The molecule has 25 heavy (non-hydrogen) atoms. The lowest BCUT2D eigenvalue weighted by atomic mass is 10.00. The van der Waals surface area contributed by atoms with Crippen LogP contribution in [0.5, 0.6) is 0 Å². The topological polar surface area (TPSA) is 23.6 Å². The fraction of sp³-hybridized carbons (Fsp3) is 0.350. The maximum atomic E-state index is 12.7. The predicted octanol–water partition coefficient (Wildman–Crippen LogP) is 4.57. The molecule has 1 amide bonds. The van der Waals surface area contributed by atoms with Crippen molar-refractivity contribution < 1.29 is 4.79 Å². The molecule has 5 heteroatoms. The zero-order valence-electron chi connectivity index (χ0n) is 14.5. The number of rotatable bonds is 4. The highest BCUT2D eigenvalue weighted by molar-refractivity contribution is 6.35. The first-order valence-electron chi connectivity index (χ1n) is 8.45. The summed E-state index contributed by atoms with van der Waals surface area (Å²) in [7, 11) is 1.95. The van der Waals surface area contributed by atoms with Gasteiger partial charge in [0.1, 0.15) is 0 Å². The van der Waals surface area contributed by atoms with Crippen molar-refractivity contribution >= 4 is 29.1 Å². The zero-order chi connectivity index (χ0) is 18.0. The van der Waals surface area contributed by atoms with Gasteiger partial charge in [-0.15, -0.1) is 0 Å². The van der Waals surface area contributed by atoms with Crippen LogP contribution in [0.3, 0.4) is 0 Å². The van der Waals surface area contributed by atoms with Crippen molar-refractivity contribution in [1.29, 1.82) is 0 Å². The molecule has 0 N–H and O–H groups in total. The normalized spacial score (nSPS) is 15.2. The maximum absolute atomic E-state index is 12.7. The third kappa shape index (κ3) is 4.17. The molecule has 0 bridgehead atoms. The zero-order valence-corrected chi connectivity index (χ0v) is 16.0. The van der Waals surface area contributed by atoms with Gasteiger partial charge in [-0.1, -0.05) is 53.5 Å². The summed E-state index contributed by atoms with van der Waals surface area (Å²) in [5, 5.41) is 1.25. The lowest BCUT2D eigenvalue weighted by molar-refractivity contribution is -0.133. The Bertz CT molecular complexity index is 778. The number of likely N-dealkylation sites (N-methyl/N-ethyl adjacent to an activating group) is 1. The molecule has 0 saturated heterocycles. The van der Waals surface area contributed by atoms with Crippen LogP contribution in [0.15, 0.2) is 42.5 Å². The second-order valence-electron chi connectivity index (χ2n) is 6.59. The molecule has 1 aliphatic rings. The minimum absolute atomic E-state index is 0.0331. The summed E-state index contributed by atoms with van der Waals surface area (Å²) in [6, 6.07) is 13.9. The van der Waals surface area contributed by atoms with E-state index >= 15 is 0 Å². The van der Waals surface area contributed by atoms with Gasteiger partial charge in [-0.3, -0.25) is 9.69 Å². The third-order valence-electron chi connectivity index (χ3n) is 4.94. The van der Waals surface area contributed by atoms with E-state index in [0.29, 0.717) is 23.1 Å². The van der Waals surface area contributed by atoms with E-state index < -0.39 is 0 Å². The van der Waals surface area contributed by atoms with Gasteiger partial charge in [0.15, 0.2) is 0 Å². The van der Waals surface area contributed by atoms with Crippen LogP contribution < -0.4 is 0 Å². The summed E-state index contributed by atoms with van der Waals surface area (Å²) in [6.07, 6.45) is 0.921. The standard InChI is InChI=1S/C20H22Cl2N2O/c1-14(18-8-7-17(21)11-19(18)22)23(2)13-20(25)24-10-9-15-5-3-4-6-16(15)12-24/h3-8,11,14H,9-10,12-13H2,1-2H3. The van der Waals surface area contributed by atoms with Crippen molar-refractivity contribution in [3.8, 4) is 0 Å². The Labute approximate surface area is 159 Å². The van der Waals surface area contributed by atoms with E-state index in [4.69, 9.17) is 23.2 Å². The molecule has 0 saturated carbocycles. The minimum Gasteiger partial charge on any atom is -0.337 e. The summed E-state index contributed by atoms with van der Waals surface area (Å²) in [6.45, 7) is 3.88. The number of nitrogens with zero attached hydrogens (tertiary/aromatic N) is 2. The van der Waals surface area contributed by atoms with Gasteiger partial charge < -0.3 is 4.90 Å². The Hall–Kier alpha value is -1.55. The van der Waals surface area contributed by atoms with Gasteiger partial charge in [-0.05, 0) is 49.2 Å². The molecule has 2 aromatic carbocycles. The number of amides is 1. The fourth-order valence-corrected chi connectivity index (χ4v) is 3.80. The molecular weight excluding hydrogens is 355 g/mol. The van der Waals surface area contributed by atoms with Gasteiger partial charge in [-0.2, -0.15) is 0 Å². The Morgan fingerprint density at radius 2 is 1.92 bits per heavy atom. The van der Waals surface area contributed by atoms with E-state index in [-0.39, 0.29) is 11.9 Å². The highest BCUT2D eigenvalue weighted by Gasteiger charge is 2.23. The van der Waals surface area contributed by atoms with Gasteiger partial charge in [0.05, 0.1) is 6.54 Å². The predicted molar refractivity (Wildman–Crippen MR) is 103 cm³/mol. The average Bonchev–Trinajstić information content (AvgIpc) is 2.60. The Morgan fingerprint density at radius 1 is 1.20 bits per heavy atom. The second kappa shape index (κ2) is 7.77. The van der Waals surface area contributed by atoms with Crippen molar-refractivity contribution in [3.05, 3.63) is 69.2 Å². The second-order valence-corrected chi connectivity index (χ2v) is 7.43. The highest BCUT2D eigenvalue weighted by atomic mass is 35.5. The van der Waals surface area contributed by atoms with E-state index in [9.17, 15) is 4.79 Å². The molecule has 3 nitrogen and oxygen atoms in total. The van der Waals surface area contributed by atoms with Crippen LogP contribution in [-0.2, 0) is 17.8 Å². The first kappa shape index (κ1) is 18.2. The largest absolute Gasteiger partial charge is 0.337 e. The summed E-state index contributed by atoms with van der Waals surface area (Å²) in [5.41, 5.74) is 3.57. The van der Waals surface area contributed by atoms with E-state index in [1.807, 2.05) is 42.0 Å². The lowest BCUT2D eigenvalue weighted by Gasteiger charge is -2.32. The van der Waals surface area contributed by atoms with Crippen LogP contribution in [-0.4, -0.2) is 35.8 Å². The van der Waals surface area contributed by atoms with Crippen LogP contribution in [0.4, 0.5) is 0 Å². The molecule has 0 aliphatic carbocycles. The molecule has 1 heterocycles. The monoisotopic (exact) mass is 376 g/mol. The van der Waals surface area contributed by atoms with E-state index in [1.54, 1.807) is 6.07 Å². The molecule has 0 fully saturated rings. The smallest absolute Gasteiger partial charge is 0.237 e. The van der Waals surface area contributed by atoms with Crippen molar-refractivity contribution in [2.24, 2.45) is 0 Å². The van der Waals surface area contributed by atoms with Crippen LogP contribution in [0.25, 0.3) is 0 Å². The van der Waals surface area contributed by atoms with Crippen LogP contribution in [0.1, 0.15) is 29.7 Å². The SMILES string of the molecule is CC(c1ccc(Cl)cc1Cl)N(C)CC(=O)N1CCc2ccccc2C1. The molecule has 1 atom stereocenters. The molecule has 1 aliphatic heterocycles. The van der Waals surface area contributed by atoms with Crippen LogP contribution >= 0.6 is 23.2 Å². The summed E-state index contributed by atoms with van der Waals surface area (Å²) >= 11 is 12.3. The number of benzene rings is 2. The van der Waals surface area contributed by atoms with Gasteiger partial charge in [0.25, 0.3) is 0 Å². The molecule has 1 unspecified atom stereocenters. The first-order chi connectivity index (χ1) is 12.0. The molecule has 0 spiro atoms.